The third-order valence-corrected chi connectivity index (χ3v) is 4.32. The standard InChI is InChI=1S/C24H22O/c1-19(18-20-8-4-2-5-9-20)12-17-24(25)23-15-13-22(14-16-23)21-10-6-3-7-11-21/h2-11,13-16H,1,12,17-18H2. The van der Waals surface area contributed by atoms with Crippen LogP contribution in [-0.4, -0.2) is 5.78 Å². The van der Waals surface area contributed by atoms with Crippen molar-refractivity contribution in [2.45, 2.75) is 19.3 Å². The molecule has 0 spiro atoms. The third-order valence-electron chi connectivity index (χ3n) is 4.32. The Labute approximate surface area is 149 Å². The van der Waals surface area contributed by atoms with E-state index in [1.807, 2.05) is 60.7 Å². The Morgan fingerprint density at radius 3 is 1.88 bits per heavy atom. The van der Waals surface area contributed by atoms with Crippen molar-refractivity contribution in [2.75, 3.05) is 0 Å². The minimum Gasteiger partial charge on any atom is -0.294 e. The van der Waals surface area contributed by atoms with E-state index in [1.165, 1.54) is 5.56 Å². The molecule has 0 atom stereocenters. The first-order valence-corrected chi connectivity index (χ1v) is 8.61. The van der Waals surface area contributed by atoms with Crippen molar-refractivity contribution in [3.05, 3.63) is 108 Å². The highest BCUT2D eigenvalue weighted by Gasteiger charge is 2.07. The van der Waals surface area contributed by atoms with Crippen LogP contribution in [0, 0.1) is 0 Å². The molecule has 1 heteroatoms. The topological polar surface area (TPSA) is 17.1 Å². The van der Waals surface area contributed by atoms with Crippen LogP contribution in [0.2, 0.25) is 0 Å². The van der Waals surface area contributed by atoms with Crippen molar-refractivity contribution >= 4 is 5.78 Å². The van der Waals surface area contributed by atoms with Gasteiger partial charge in [0.15, 0.2) is 5.78 Å². The average Bonchev–Trinajstić information content (AvgIpc) is 2.68. The summed E-state index contributed by atoms with van der Waals surface area (Å²) in [6.07, 6.45) is 2.07. The van der Waals surface area contributed by atoms with E-state index >= 15 is 0 Å². The zero-order valence-corrected chi connectivity index (χ0v) is 14.3. The van der Waals surface area contributed by atoms with Crippen molar-refractivity contribution in [3.8, 4) is 11.1 Å². The zero-order chi connectivity index (χ0) is 17.5. The van der Waals surface area contributed by atoms with E-state index < -0.39 is 0 Å². The molecule has 0 N–H and O–H groups in total. The molecule has 1 nitrogen and oxygen atoms in total. The van der Waals surface area contributed by atoms with Crippen LogP contribution in [0.3, 0.4) is 0 Å². The minimum atomic E-state index is 0.175. The molecule has 0 aliphatic heterocycles. The summed E-state index contributed by atoms with van der Waals surface area (Å²) in [6.45, 7) is 4.12. The first-order chi connectivity index (χ1) is 12.2. The van der Waals surface area contributed by atoms with Gasteiger partial charge >= 0.3 is 0 Å². The summed E-state index contributed by atoms with van der Waals surface area (Å²) < 4.78 is 0. The van der Waals surface area contributed by atoms with Crippen LogP contribution in [0.5, 0.6) is 0 Å². The van der Waals surface area contributed by atoms with E-state index in [0.717, 1.165) is 35.1 Å². The second-order valence-corrected chi connectivity index (χ2v) is 6.28. The predicted octanol–water partition coefficient (Wildman–Crippen LogP) is 6.12. The van der Waals surface area contributed by atoms with Crippen LogP contribution in [0.1, 0.15) is 28.8 Å². The Morgan fingerprint density at radius 2 is 1.24 bits per heavy atom. The molecular formula is C24H22O. The molecule has 0 aliphatic carbocycles. The molecule has 124 valence electrons. The van der Waals surface area contributed by atoms with Crippen molar-refractivity contribution in [2.24, 2.45) is 0 Å². The SMILES string of the molecule is C=C(CCC(=O)c1ccc(-c2ccccc2)cc1)Cc1ccccc1. The molecule has 0 fully saturated rings. The van der Waals surface area contributed by atoms with Gasteiger partial charge in [-0.3, -0.25) is 4.79 Å². The number of hydrogen-bond donors (Lipinski definition) is 0. The summed E-state index contributed by atoms with van der Waals surface area (Å²) in [7, 11) is 0. The fourth-order valence-corrected chi connectivity index (χ4v) is 2.89. The lowest BCUT2D eigenvalue weighted by molar-refractivity contribution is 0.0982. The lowest BCUT2D eigenvalue weighted by Crippen LogP contribution is -2.00. The molecule has 0 heterocycles. The van der Waals surface area contributed by atoms with E-state index in [4.69, 9.17) is 0 Å². The molecular weight excluding hydrogens is 304 g/mol. The molecule has 0 amide bonds. The van der Waals surface area contributed by atoms with Crippen LogP contribution >= 0.6 is 0 Å². The highest BCUT2D eigenvalue weighted by Crippen LogP contribution is 2.20. The van der Waals surface area contributed by atoms with Crippen molar-refractivity contribution in [1.29, 1.82) is 0 Å². The highest BCUT2D eigenvalue weighted by atomic mass is 16.1. The lowest BCUT2D eigenvalue weighted by Gasteiger charge is -2.07. The molecule has 3 aromatic rings. The van der Waals surface area contributed by atoms with Crippen LogP contribution < -0.4 is 0 Å². The quantitative estimate of drug-likeness (QED) is 0.378. The second-order valence-electron chi connectivity index (χ2n) is 6.28. The van der Waals surface area contributed by atoms with Gasteiger partial charge in [-0.2, -0.15) is 0 Å². The Morgan fingerprint density at radius 1 is 0.680 bits per heavy atom. The summed E-state index contributed by atoms with van der Waals surface area (Å²) in [5, 5.41) is 0. The number of hydrogen-bond acceptors (Lipinski definition) is 1. The molecule has 0 aliphatic rings. The van der Waals surface area contributed by atoms with Crippen LogP contribution in [-0.2, 0) is 6.42 Å². The maximum atomic E-state index is 12.4. The average molecular weight is 326 g/mol. The van der Waals surface area contributed by atoms with E-state index in [-0.39, 0.29) is 5.78 Å². The Hall–Kier alpha value is -2.93. The Bertz CT molecular complexity index is 830. The number of ketones is 1. The Kier molecular flexibility index (Phi) is 5.58. The van der Waals surface area contributed by atoms with Gasteiger partial charge in [-0.05, 0) is 29.5 Å². The summed E-state index contributed by atoms with van der Waals surface area (Å²) in [4.78, 5) is 12.4. The van der Waals surface area contributed by atoms with Crippen LogP contribution in [0.15, 0.2) is 97.1 Å². The first-order valence-electron chi connectivity index (χ1n) is 8.61. The maximum absolute atomic E-state index is 12.4. The second kappa shape index (κ2) is 8.25. The van der Waals surface area contributed by atoms with Crippen molar-refractivity contribution in [3.63, 3.8) is 0 Å². The van der Waals surface area contributed by atoms with Gasteiger partial charge in [0, 0.05) is 12.0 Å². The fraction of sp³-hybridized carbons (Fsp3) is 0.125. The molecule has 0 saturated carbocycles. The minimum absolute atomic E-state index is 0.175. The molecule has 0 unspecified atom stereocenters. The van der Waals surface area contributed by atoms with Crippen molar-refractivity contribution in [1.82, 2.24) is 0 Å². The van der Waals surface area contributed by atoms with E-state index in [2.05, 4.69) is 30.8 Å². The fourth-order valence-electron chi connectivity index (χ4n) is 2.89. The normalized spacial score (nSPS) is 10.4. The summed E-state index contributed by atoms with van der Waals surface area (Å²) >= 11 is 0. The van der Waals surface area contributed by atoms with E-state index in [0.29, 0.717) is 6.42 Å². The number of benzene rings is 3. The molecule has 0 radical (unpaired) electrons. The molecule has 0 aromatic heterocycles. The van der Waals surface area contributed by atoms with Crippen LogP contribution in [0.4, 0.5) is 0 Å². The Balaban J connectivity index is 1.55. The molecule has 0 bridgehead atoms. The van der Waals surface area contributed by atoms with Gasteiger partial charge in [0.2, 0.25) is 0 Å². The zero-order valence-electron chi connectivity index (χ0n) is 14.3. The van der Waals surface area contributed by atoms with Gasteiger partial charge in [0.25, 0.3) is 0 Å². The number of carbonyl (C=O) groups is 1. The van der Waals surface area contributed by atoms with E-state index in [1.54, 1.807) is 0 Å². The van der Waals surface area contributed by atoms with E-state index in [9.17, 15) is 4.79 Å². The number of Topliss-reactive ketones (excluding diaryl/α,β-unsaturated/α-hetero) is 1. The largest absolute Gasteiger partial charge is 0.294 e. The summed E-state index contributed by atoms with van der Waals surface area (Å²) in [5.74, 6) is 0.175. The molecule has 25 heavy (non-hydrogen) atoms. The van der Waals surface area contributed by atoms with Crippen LogP contribution in [0.25, 0.3) is 11.1 Å². The smallest absolute Gasteiger partial charge is 0.163 e. The van der Waals surface area contributed by atoms with Gasteiger partial charge in [-0.1, -0.05) is 97.1 Å². The maximum Gasteiger partial charge on any atom is 0.163 e. The van der Waals surface area contributed by atoms with Gasteiger partial charge in [0.1, 0.15) is 0 Å². The van der Waals surface area contributed by atoms with Gasteiger partial charge in [0.05, 0.1) is 0 Å². The van der Waals surface area contributed by atoms with Gasteiger partial charge in [-0.25, -0.2) is 0 Å². The highest BCUT2D eigenvalue weighted by molar-refractivity contribution is 5.96. The number of allylic oxidation sites excluding steroid dienone is 1. The summed E-state index contributed by atoms with van der Waals surface area (Å²) in [6, 6.07) is 28.3. The third kappa shape index (κ3) is 4.77. The first kappa shape index (κ1) is 16.9. The van der Waals surface area contributed by atoms with Crippen molar-refractivity contribution < 1.29 is 4.79 Å². The number of rotatable bonds is 7. The van der Waals surface area contributed by atoms with Gasteiger partial charge in [-0.15, -0.1) is 0 Å². The number of carbonyl (C=O) groups excluding carboxylic acids is 1. The molecule has 3 aromatic carbocycles. The summed E-state index contributed by atoms with van der Waals surface area (Å²) in [5.41, 5.74) is 5.41. The monoisotopic (exact) mass is 326 g/mol. The molecule has 0 saturated heterocycles. The predicted molar refractivity (Wildman–Crippen MR) is 105 cm³/mol. The lowest BCUT2D eigenvalue weighted by atomic mass is 9.97. The molecule has 3 rings (SSSR count). The van der Waals surface area contributed by atoms with Gasteiger partial charge < -0.3 is 0 Å².